The van der Waals surface area contributed by atoms with E-state index >= 15 is 0 Å². The first-order valence-electron chi connectivity index (χ1n) is 14.3. The number of carbonyl (C=O) groups excluding carboxylic acids is 2. The van der Waals surface area contributed by atoms with Gasteiger partial charge in [-0.15, -0.1) is 0 Å². The second-order valence-electron chi connectivity index (χ2n) is 9.72. The summed E-state index contributed by atoms with van der Waals surface area (Å²) < 4.78 is 25.7. The van der Waals surface area contributed by atoms with Crippen LogP contribution in [0.25, 0.3) is 0 Å². The molecule has 0 aromatic carbocycles. The molecular weight excluding hydrogens is 506 g/mol. The minimum Gasteiger partial charge on any atom is -0.756 e. The van der Waals surface area contributed by atoms with Gasteiger partial charge in [0.1, 0.15) is 6.61 Å². The van der Waals surface area contributed by atoms with Gasteiger partial charge in [-0.25, -0.2) is 0 Å². The van der Waals surface area contributed by atoms with Gasteiger partial charge < -0.3 is 23.8 Å². The van der Waals surface area contributed by atoms with Crippen molar-refractivity contribution in [1.82, 2.24) is 0 Å². The van der Waals surface area contributed by atoms with Crippen molar-refractivity contribution in [2.75, 3.05) is 13.2 Å². The predicted octanol–water partition coefficient (Wildman–Crippen LogP) is 3.76. The van der Waals surface area contributed by atoms with E-state index in [2.05, 4.69) is 18.4 Å². The molecule has 37 heavy (non-hydrogen) atoms. The molecule has 10 heteroatoms. The maximum atomic E-state index is 12.2. The summed E-state index contributed by atoms with van der Waals surface area (Å²) in [7, 11) is -4.97. The molecule has 0 bridgehead atoms. The Morgan fingerprint density at radius 1 is 0.676 bits per heavy atom. The van der Waals surface area contributed by atoms with E-state index in [0.29, 0.717) is 6.42 Å². The van der Waals surface area contributed by atoms with Gasteiger partial charge in [0.15, 0.2) is 6.10 Å². The fraction of sp³-hybridized carbons (Fsp3) is 0.926. The Balaban J connectivity index is 0. The molecule has 0 aliphatic carbocycles. The number of rotatable bonds is 26. The number of esters is 2. The van der Waals surface area contributed by atoms with Gasteiger partial charge >= 0.3 is 41.5 Å². The van der Waals surface area contributed by atoms with Crippen LogP contribution in [0.5, 0.6) is 0 Å². The van der Waals surface area contributed by atoms with Gasteiger partial charge in [0.2, 0.25) is 0 Å². The second kappa shape index (κ2) is 27.6. The van der Waals surface area contributed by atoms with Crippen molar-refractivity contribution in [1.29, 1.82) is 0 Å². The van der Waals surface area contributed by atoms with Gasteiger partial charge in [0.05, 0.1) is 6.61 Å². The number of phosphoric ester groups is 1. The van der Waals surface area contributed by atoms with E-state index in [1.807, 2.05) is 0 Å². The maximum Gasteiger partial charge on any atom is 1.00 e. The van der Waals surface area contributed by atoms with Crippen molar-refractivity contribution < 1.29 is 67.5 Å². The minimum absolute atomic E-state index is 0. The van der Waals surface area contributed by atoms with E-state index in [1.54, 1.807) is 0 Å². The van der Waals surface area contributed by atoms with E-state index in [1.165, 1.54) is 70.6 Å². The van der Waals surface area contributed by atoms with E-state index < -0.39 is 32.5 Å². The third kappa shape index (κ3) is 30.4. The standard InChI is InChI=1S/C27H53O8P.Na/c1-3-5-7-9-11-13-15-17-19-21-26(28)33-23-25(24-34-36(30,31)32)35-27(29)22-20-18-16-14-12-10-8-6-4-2;/h25H,3-24H2,1-2H3,(H2,30,31,32);/q;+1/p-1/t25-;/m1./s1. The fourth-order valence-corrected chi connectivity index (χ4v) is 4.31. The fourth-order valence-electron chi connectivity index (χ4n) is 3.96. The Labute approximate surface area is 247 Å². The van der Waals surface area contributed by atoms with Crippen LogP contribution in [-0.4, -0.2) is 36.1 Å². The molecule has 0 radical (unpaired) electrons. The smallest absolute Gasteiger partial charge is 0.756 e. The number of phosphoric acid groups is 1. The quantitative estimate of drug-likeness (QED) is 0.0737. The summed E-state index contributed by atoms with van der Waals surface area (Å²) in [6, 6.07) is 0. The Bertz CT molecular complexity index is 585. The van der Waals surface area contributed by atoms with E-state index in [4.69, 9.17) is 14.4 Å². The van der Waals surface area contributed by atoms with Crippen LogP contribution >= 0.6 is 7.82 Å². The molecule has 0 saturated heterocycles. The van der Waals surface area contributed by atoms with Crippen LogP contribution in [0, 0.1) is 0 Å². The van der Waals surface area contributed by atoms with Crippen LogP contribution < -0.4 is 34.5 Å². The van der Waals surface area contributed by atoms with Crippen molar-refractivity contribution >= 4 is 19.8 Å². The predicted molar refractivity (Wildman–Crippen MR) is 140 cm³/mol. The normalized spacial score (nSPS) is 13.4. The first-order chi connectivity index (χ1) is 17.3. The van der Waals surface area contributed by atoms with Gasteiger partial charge in [0.25, 0.3) is 7.82 Å². The van der Waals surface area contributed by atoms with Crippen LogP contribution in [0.15, 0.2) is 0 Å². The Morgan fingerprint density at radius 2 is 1.05 bits per heavy atom. The van der Waals surface area contributed by atoms with Crippen molar-refractivity contribution in [3.05, 3.63) is 0 Å². The summed E-state index contributed by atoms with van der Waals surface area (Å²) >= 11 is 0. The van der Waals surface area contributed by atoms with Crippen LogP contribution in [0.4, 0.5) is 0 Å². The maximum absolute atomic E-state index is 12.2. The summed E-state index contributed by atoms with van der Waals surface area (Å²) in [4.78, 5) is 44.0. The average Bonchev–Trinajstić information content (AvgIpc) is 2.83. The monoisotopic (exact) mass is 558 g/mol. The number of carbonyl (C=O) groups is 2. The Hall–Kier alpha value is 0.0500. The van der Waals surface area contributed by atoms with Gasteiger partial charge in [-0.1, -0.05) is 117 Å². The zero-order valence-corrected chi connectivity index (χ0v) is 26.8. The van der Waals surface area contributed by atoms with Crippen LogP contribution in [0.2, 0.25) is 0 Å². The molecule has 0 heterocycles. The van der Waals surface area contributed by atoms with Gasteiger partial charge in [0, 0.05) is 12.8 Å². The number of hydrogen-bond acceptors (Lipinski definition) is 7. The third-order valence-corrected chi connectivity index (χ3v) is 6.60. The van der Waals surface area contributed by atoms with E-state index in [9.17, 15) is 19.0 Å². The largest absolute Gasteiger partial charge is 1.00 e. The summed E-state index contributed by atoms with van der Waals surface area (Å²) in [5.74, 6) is -0.924. The molecule has 0 aromatic heterocycles. The SMILES string of the molecule is CCCCCCCCCCCC(=O)OC[C@H](COP(=O)([O-])O)OC(=O)CCCCCCCCCCC.[Na+]. The third-order valence-electron chi connectivity index (χ3n) is 6.12. The molecular formula is C27H52NaO8P. The summed E-state index contributed by atoms with van der Waals surface area (Å²) in [5.41, 5.74) is 0. The molecule has 2 atom stereocenters. The topological polar surface area (TPSA) is 122 Å². The number of ether oxygens (including phenoxy) is 2. The Kier molecular flexibility index (Phi) is 29.2. The molecule has 214 valence electrons. The van der Waals surface area contributed by atoms with Gasteiger partial charge in [-0.05, 0) is 12.8 Å². The van der Waals surface area contributed by atoms with Crippen LogP contribution in [0.3, 0.4) is 0 Å². The molecule has 0 spiro atoms. The van der Waals surface area contributed by atoms with Crippen molar-refractivity contribution in [2.24, 2.45) is 0 Å². The van der Waals surface area contributed by atoms with E-state index in [0.717, 1.165) is 38.5 Å². The molecule has 0 fully saturated rings. The number of unbranched alkanes of at least 4 members (excludes halogenated alkanes) is 16. The zero-order chi connectivity index (χ0) is 26.9. The minimum atomic E-state index is -4.97. The first-order valence-corrected chi connectivity index (χ1v) is 15.8. The summed E-state index contributed by atoms with van der Waals surface area (Å²) in [6.07, 6.45) is 19.7. The van der Waals surface area contributed by atoms with Crippen LogP contribution in [-0.2, 0) is 28.2 Å². The average molecular weight is 559 g/mol. The molecule has 8 nitrogen and oxygen atoms in total. The van der Waals surface area contributed by atoms with Crippen molar-refractivity contribution in [3.63, 3.8) is 0 Å². The Morgan fingerprint density at radius 3 is 1.46 bits per heavy atom. The zero-order valence-electron chi connectivity index (χ0n) is 23.9. The first kappa shape index (κ1) is 39.2. The van der Waals surface area contributed by atoms with Crippen molar-refractivity contribution in [3.8, 4) is 0 Å². The summed E-state index contributed by atoms with van der Waals surface area (Å²) in [6.45, 7) is 3.50. The molecule has 0 amide bonds. The second-order valence-corrected chi connectivity index (χ2v) is 10.9. The molecule has 1 unspecified atom stereocenters. The molecule has 0 saturated carbocycles. The molecule has 0 aliphatic heterocycles. The molecule has 0 aromatic rings. The van der Waals surface area contributed by atoms with E-state index in [-0.39, 0.29) is 49.0 Å². The number of hydrogen-bond donors (Lipinski definition) is 1. The van der Waals surface area contributed by atoms with Crippen LogP contribution in [0.1, 0.15) is 142 Å². The van der Waals surface area contributed by atoms with Gasteiger partial charge in [-0.2, -0.15) is 0 Å². The molecule has 0 rings (SSSR count). The van der Waals surface area contributed by atoms with Gasteiger partial charge in [-0.3, -0.25) is 14.2 Å². The summed E-state index contributed by atoms with van der Waals surface area (Å²) in [5, 5.41) is 0. The molecule has 0 aliphatic rings. The molecule has 1 N–H and O–H groups in total. The van der Waals surface area contributed by atoms with Crippen molar-refractivity contribution in [2.45, 2.75) is 148 Å².